The van der Waals surface area contributed by atoms with Crippen LogP contribution in [0.25, 0.3) is 0 Å². The molecule has 2 aromatic carbocycles. The lowest BCUT2D eigenvalue weighted by Gasteiger charge is -2.14. The number of hydrogen-bond acceptors (Lipinski definition) is 4. The average Bonchev–Trinajstić information content (AvgIpc) is 2.46. The standard InChI is InChI=1S/C15H16O4/c1-18-14-4-2-3-12(9-16)15(14)19-10-11-5-7-13(17)8-6-11/h2-8,16-17H,9-10H2,1H3. The molecule has 0 aromatic heterocycles. The van der Waals surface area contributed by atoms with Gasteiger partial charge in [-0.05, 0) is 23.8 Å². The molecule has 2 aromatic rings. The van der Waals surface area contributed by atoms with Gasteiger partial charge in [-0.2, -0.15) is 0 Å². The number of phenols is 1. The molecule has 0 saturated heterocycles. The Morgan fingerprint density at radius 2 is 1.79 bits per heavy atom. The van der Waals surface area contributed by atoms with Crippen LogP contribution in [0.3, 0.4) is 0 Å². The van der Waals surface area contributed by atoms with Gasteiger partial charge in [0.25, 0.3) is 0 Å². The number of methoxy groups -OCH3 is 1. The lowest BCUT2D eigenvalue weighted by atomic mass is 10.2. The average molecular weight is 260 g/mol. The molecule has 0 unspecified atom stereocenters. The van der Waals surface area contributed by atoms with E-state index in [1.807, 2.05) is 0 Å². The van der Waals surface area contributed by atoms with E-state index in [4.69, 9.17) is 9.47 Å². The number of phenolic OH excluding ortho intramolecular Hbond substituents is 1. The van der Waals surface area contributed by atoms with E-state index in [0.717, 1.165) is 5.56 Å². The fourth-order valence-corrected chi connectivity index (χ4v) is 1.76. The number of rotatable bonds is 5. The molecule has 0 amide bonds. The molecule has 0 bridgehead atoms. The van der Waals surface area contributed by atoms with Crippen molar-refractivity contribution in [2.75, 3.05) is 7.11 Å². The Kier molecular flexibility index (Phi) is 4.26. The largest absolute Gasteiger partial charge is 0.508 e. The highest BCUT2D eigenvalue weighted by molar-refractivity contribution is 5.46. The second kappa shape index (κ2) is 6.11. The van der Waals surface area contributed by atoms with Crippen molar-refractivity contribution in [3.8, 4) is 17.2 Å². The molecule has 0 aliphatic carbocycles. The van der Waals surface area contributed by atoms with E-state index in [1.54, 1.807) is 49.6 Å². The van der Waals surface area contributed by atoms with Crippen LogP contribution in [0.4, 0.5) is 0 Å². The summed E-state index contributed by atoms with van der Waals surface area (Å²) in [6.07, 6.45) is 0. The van der Waals surface area contributed by atoms with Crippen molar-refractivity contribution in [3.63, 3.8) is 0 Å². The van der Waals surface area contributed by atoms with Gasteiger partial charge in [0.05, 0.1) is 13.7 Å². The van der Waals surface area contributed by atoms with Crippen LogP contribution in [0.15, 0.2) is 42.5 Å². The van der Waals surface area contributed by atoms with Crippen molar-refractivity contribution in [1.82, 2.24) is 0 Å². The molecule has 0 radical (unpaired) electrons. The molecular weight excluding hydrogens is 244 g/mol. The zero-order valence-corrected chi connectivity index (χ0v) is 10.7. The summed E-state index contributed by atoms with van der Waals surface area (Å²) in [4.78, 5) is 0. The monoisotopic (exact) mass is 260 g/mol. The Balaban J connectivity index is 2.16. The van der Waals surface area contributed by atoms with Gasteiger partial charge in [-0.1, -0.05) is 24.3 Å². The van der Waals surface area contributed by atoms with Crippen molar-refractivity contribution in [1.29, 1.82) is 0 Å². The molecule has 0 aliphatic heterocycles. The van der Waals surface area contributed by atoms with Crippen molar-refractivity contribution in [2.45, 2.75) is 13.2 Å². The number of para-hydroxylation sites is 1. The summed E-state index contributed by atoms with van der Waals surface area (Å²) >= 11 is 0. The maximum Gasteiger partial charge on any atom is 0.167 e. The first-order valence-corrected chi connectivity index (χ1v) is 5.92. The highest BCUT2D eigenvalue weighted by Crippen LogP contribution is 2.31. The molecule has 4 nitrogen and oxygen atoms in total. The minimum Gasteiger partial charge on any atom is -0.508 e. The fourth-order valence-electron chi connectivity index (χ4n) is 1.76. The van der Waals surface area contributed by atoms with E-state index in [2.05, 4.69) is 0 Å². The summed E-state index contributed by atoms with van der Waals surface area (Å²) in [5.74, 6) is 1.35. The Bertz CT molecular complexity index is 512. The molecule has 0 heterocycles. The Morgan fingerprint density at radius 1 is 1.05 bits per heavy atom. The van der Waals surface area contributed by atoms with Crippen LogP contribution in [0.1, 0.15) is 11.1 Å². The minimum absolute atomic E-state index is 0.109. The van der Waals surface area contributed by atoms with Gasteiger partial charge < -0.3 is 19.7 Å². The topological polar surface area (TPSA) is 58.9 Å². The molecule has 2 rings (SSSR count). The molecule has 100 valence electrons. The summed E-state index contributed by atoms with van der Waals surface area (Å²) < 4.78 is 10.9. The smallest absolute Gasteiger partial charge is 0.167 e. The van der Waals surface area contributed by atoms with Gasteiger partial charge in [0.2, 0.25) is 0 Å². The summed E-state index contributed by atoms with van der Waals surface area (Å²) in [7, 11) is 1.56. The van der Waals surface area contributed by atoms with Crippen LogP contribution in [0.5, 0.6) is 17.2 Å². The summed E-state index contributed by atoms with van der Waals surface area (Å²) in [6.45, 7) is 0.232. The van der Waals surface area contributed by atoms with E-state index in [-0.39, 0.29) is 12.4 Å². The van der Waals surface area contributed by atoms with Crippen molar-refractivity contribution < 1.29 is 19.7 Å². The van der Waals surface area contributed by atoms with Crippen LogP contribution in [-0.2, 0) is 13.2 Å². The van der Waals surface area contributed by atoms with Crippen molar-refractivity contribution in [3.05, 3.63) is 53.6 Å². The molecule has 0 spiro atoms. The third-order valence-electron chi connectivity index (χ3n) is 2.77. The second-order valence-electron chi connectivity index (χ2n) is 4.06. The highest BCUT2D eigenvalue weighted by Gasteiger charge is 2.10. The normalized spacial score (nSPS) is 10.2. The maximum absolute atomic E-state index is 9.30. The highest BCUT2D eigenvalue weighted by atomic mass is 16.5. The molecule has 0 fully saturated rings. The van der Waals surface area contributed by atoms with E-state index in [0.29, 0.717) is 23.7 Å². The molecule has 19 heavy (non-hydrogen) atoms. The van der Waals surface area contributed by atoms with Gasteiger partial charge in [0, 0.05) is 5.56 Å². The number of aliphatic hydroxyl groups is 1. The lowest BCUT2D eigenvalue weighted by Crippen LogP contribution is -2.01. The van der Waals surface area contributed by atoms with Gasteiger partial charge >= 0.3 is 0 Å². The lowest BCUT2D eigenvalue weighted by molar-refractivity contribution is 0.250. The zero-order valence-electron chi connectivity index (χ0n) is 10.7. The summed E-state index contributed by atoms with van der Waals surface area (Å²) in [6, 6.07) is 12.1. The van der Waals surface area contributed by atoms with Gasteiger partial charge in [0.15, 0.2) is 11.5 Å². The van der Waals surface area contributed by atoms with E-state index in [9.17, 15) is 10.2 Å². The number of aliphatic hydroxyl groups excluding tert-OH is 1. The van der Waals surface area contributed by atoms with E-state index >= 15 is 0 Å². The molecule has 0 saturated carbocycles. The minimum atomic E-state index is -0.109. The van der Waals surface area contributed by atoms with Gasteiger partial charge in [-0.3, -0.25) is 0 Å². The van der Waals surface area contributed by atoms with Gasteiger partial charge in [-0.25, -0.2) is 0 Å². The van der Waals surface area contributed by atoms with Crippen molar-refractivity contribution >= 4 is 0 Å². The number of ether oxygens (including phenoxy) is 2. The van der Waals surface area contributed by atoms with Crippen LogP contribution < -0.4 is 9.47 Å². The Labute approximate surface area is 111 Å². The first kappa shape index (κ1) is 13.2. The zero-order chi connectivity index (χ0) is 13.7. The Morgan fingerprint density at radius 3 is 2.42 bits per heavy atom. The predicted molar refractivity (Wildman–Crippen MR) is 71.4 cm³/mol. The predicted octanol–water partition coefficient (Wildman–Crippen LogP) is 2.47. The quantitative estimate of drug-likeness (QED) is 0.867. The molecule has 2 N–H and O–H groups in total. The van der Waals surface area contributed by atoms with Crippen LogP contribution in [0, 0.1) is 0 Å². The second-order valence-corrected chi connectivity index (χ2v) is 4.06. The van der Waals surface area contributed by atoms with Crippen LogP contribution in [-0.4, -0.2) is 17.3 Å². The first-order valence-electron chi connectivity index (χ1n) is 5.92. The summed E-state index contributed by atoms with van der Waals surface area (Å²) in [5.41, 5.74) is 1.60. The van der Waals surface area contributed by atoms with Gasteiger partial charge in [0.1, 0.15) is 12.4 Å². The molecule has 4 heteroatoms. The first-order chi connectivity index (χ1) is 9.24. The van der Waals surface area contributed by atoms with E-state index < -0.39 is 0 Å². The maximum atomic E-state index is 9.30. The molecular formula is C15H16O4. The Hall–Kier alpha value is -2.20. The summed E-state index contributed by atoms with van der Waals surface area (Å²) in [5, 5.41) is 18.5. The van der Waals surface area contributed by atoms with Gasteiger partial charge in [-0.15, -0.1) is 0 Å². The van der Waals surface area contributed by atoms with Crippen LogP contribution >= 0.6 is 0 Å². The molecule has 0 atom stereocenters. The number of aromatic hydroxyl groups is 1. The third-order valence-corrected chi connectivity index (χ3v) is 2.77. The molecule has 0 aliphatic rings. The van der Waals surface area contributed by atoms with E-state index in [1.165, 1.54) is 0 Å². The number of benzene rings is 2. The van der Waals surface area contributed by atoms with Crippen LogP contribution in [0.2, 0.25) is 0 Å². The SMILES string of the molecule is COc1cccc(CO)c1OCc1ccc(O)cc1. The fraction of sp³-hybridized carbons (Fsp3) is 0.200. The number of hydrogen-bond donors (Lipinski definition) is 2. The third kappa shape index (κ3) is 3.17. The van der Waals surface area contributed by atoms with Crippen molar-refractivity contribution in [2.24, 2.45) is 0 Å².